The van der Waals surface area contributed by atoms with Gasteiger partial charge in [-0.3, -0.25) is 9.89 Å². The van der Waals surface area contributed by atoms with Gasteiger partial charge in [0.25, 0.3) is 0 Å². The van der Waals surface area contributed by atoms with Crippen molar-refractivity contribution in [2.45, 2.75) is 18.4 Å². The van der Waals surface area contributed by atoms with Crippen LogP contribution in [0.15, 0.2) is 29.3 Å². The van der Waals surface area contributed by atoms with E-state index >= 15 is 0 Å². The van der Waals surface area contributed by atoms with Gasteiger partial charge in [-0.15, -0.1) is 0 Å². The van der Waals surface area contributed by atoms with Crippen molar-refractivity contribution in [3.8, 4) is 0 Å². The number of anilines is 4. The molecular formula is C21H27N7O5S. The number of carbonyl (C=O) groups excluding carboxylic acids is 1. The molecule has 0 bridgehead atoms. The van der Waals surface area contributed by atoms with Gasteiger partial charge in [-0.2, -0.15) is 15.1 Å². The fourth-order valence-electron chi connectivity index (χ4n) is 3.57. The van der Waals surface area contributed by atoms with E-state index in [-0.39, 0.29) is 53.4 Å². The van der Waals surface area contributed by atoms with E-state index in [4.69, 9.17) is 9.47 Å². The average molecular weight is 490 g/mol. The van der Waals surface area contributed by atoms with Gasteiger partial charge in [-0.25, -0.2) is 8.42 Å². The minimum absolute atomic E-state index is 0.0944. The summed E-state index contributed by atoms with van der Waals surface area (Å²) < 4.78 is 34.8. The van der Waals surface area contributed by atoms with Crippen molar-refractivity contribution in [2.75, 3.05) is 61.2 Å². The molecule has 3 aromatic rings. The van der Waals surface area contributed by atoms with E-state index < -0.39 is 9.84 Å². The number of sulfone groups is 1. The average Bonchev–Trinajstić information content (AvgIpc) is 3.25. The molecule has 34 heavy (non-hydrogen) atoms. The first-order valence-corrected chi connectivity index (χ1v) is 12.8. The molecule has 1 aliphatic rings. The molecule has 182 valence electrons. The molecule has 4 rings (SSSR count). The van der Waals surface area contributed by atoms with E-state index in [1.165, 1.54) is 0 Å². The third-order valence-corrected chi connectivity index (χ3v) is 6.21. The number of ether oxygens (including phenoxy) is 2. The maximum atomic E-state index is 12.2. The summed E-state index contributed by atoms with van der Waals surface area (Å²) in [6.07, 6.45) is 1.17. The topological polar surface area (TPSA) is 151 Å². The summed E-state index contributed by atoms with van der Waals surface area (Å²) >= 11 is 0. The highest BCUT2D eigenvalue weighted by Gasteiger charge is 2.22. The fourth-order valence-corrected chi connectivity index (χ4v) is 4.34. The zero-order valence-electron chi connectivity index (χ0n) is 19.0. The van der Waals surface area contributed by atoms with Crippen LogP contribution >= 0.6 is 0 Å². The first-order chi connectivity index (χ1) is 16.3. The van der Waals surface area contributed by atoms with Gasteiger partial charge in [0.1, 0.15) is 11.2 Å². The molecule has 1 fully saturated rings. The van der Waals surface area contributed by atoms with Gasteiger partial charge in [-0.05, 0) is 31.2 Å². The van der Waals surface area contributed by atoms with Gasteiger partial charge in [0.2, 0.25) is 5.95 Å². The Morgan fingerprint density at radius 1 is 1.21 bits per heavy atom. The first-order valence-electron chi connectivity index (χ1n) is 10.9. The zero-order valence-corrected chi connectivity index (χ0v) is 19.8. The predicted octanol–water partition coefficient (Wildman–Crippen LogP) is 1.70. The van der Waals surface area contributed by atoms with Gasteiger partial charge >= 0.3 is 5.97 Å². The predicted molar refractivity (Wildman–Crippen MR) is 127 cm³/mol. The number of H-pyrrole nitrogens is 1. The van der Waals surface area contributed by atoms with E-state index in [9.17, 15) is 13.2 Å². The molecule has 0 spiro atoms. The quantitative estimate of drug-likeness (QED) is 0.377. The van der Waals surface area contributed by atoms with Crippen LogP contribution in [0.4, 0.5) is 23.1 Å². The summed E-state index contributed by atoms with van der Waals surface area (Å²) in [5.74, 6) is 0.113. The van der Waals surface area contributed by atoms with Crippen molar-refractivity contribution < 1.29 is 22.7 Å². The number of rotatable bonds is 9. The summed E-state index contributed by atoms with van der Waals surface area (Å²) in [5.41, 5.74) is 2.03. The van der Waals surface area contributed by atoms with Crippen LogP contribution in [0.2, 0.25) is 0 Å². The van der Waals surface area contributed by atoms with Crippen LogP contribution in [0.25, 0.3) is 11.0 Å². The Bertz CT molecular complexity index is 1250. The lowest BCUT2D eigenvalue weighted by molar-refractivity contribution is -0.142. The number of fused-ring (bicyclic) bond motifs is 1. The van der Waals surface area contributed by atoms with Crippen LogP contribution in [-0.4, -0.2) is 80.3 Å². The highest BCUT2D eigenvalue weighted by Crippen LogP contribution is 2.28. The number of nitrogens with one attached hydrogen (secondary N) is 3. The van der Waals surface area contributed by atoms with E-state index in [0.29, 0.717) is 13.2 Å². The van der Waals surface area contributed by atoms with Crippen molar-refractivity contribution in [2.24, 2.45) is 0 Å². The number of hydrogen-bond donors (Lipinski definition) is 3. The number of carbonyl (C=O) groups is 1. The van der Waals surface area contributed by atoms with Crippen molar-refractivity contribution in [1.82, 2.24) is 20.2 Å². The number of aromatic amines is 1. The highest BCUT2D eigenvalue weighted by atomic mass is 32.2. The molecule has 0 radical (unpaired) electrons. The SMILES string of the molecule is CCOC(=O)CCNc1nc(Nc2ccc(N3CCOCC3)cc2)nc2n[nH]c(S(C)(=O)=O)c12. The fraction of sp³-hybridized carbons (Fsp3) is 0.429. The van der Waals surface area contributed by atoms with Crippen molar-refractivity contribution in [3.63, 3.8) is 0 Å². The number of morpholine rings is 1. The summed E-state index contributed by atoms with van der Waals surface area (Å²) in [7, 11) is -3.61. The lowest BCUT2D eigenvalue weighted by Gasteiger charge is -2.28. The third kappa shape index (κ3) is 5.54. The number of esters is 1. The van der Waals surface area contributed by atoms with E-state index in [2.05, 4.69) is 35.7 Å². The molecule has 0 aliphatic carbocycles. The van der Waals surface area contributed by atoms with Crippen molar-refractivity contribution >= 4 is 50.0 Å². The lowest BCUT2D eigenvalue weighted by Crippen LogP contribution is -2.36. The molecule has 3 N–H and O–H groups in total. The Hall–Kier alpha value is -3.45. The largest absolute Gasteiger partial charge is 0.466 e. The van der Waals surface area contributed by atoms with Crippen molar-refractivity contribution in [1.29, 1.82) is 0 Å². The number of nitrogens with zero attached hydrogens (tertiary/aromatic N) is 4. The number of aromatic nitrogens is 4. The molecule has 0 amide bonds. The smallest absolute Gasteiger partial charge is 0.307 e. The Morgan fingerprint density at radius 2 is 1.94 bits per heavy atom. The summed E-state index contributed by atoms with van der Waals surface area (Å²) in [6, 6.07) is 7.83. The molecule has 1 aromatic carbocycles. The maximum Gasteiger partial charge on any atom is 0.307 e. The van der Waals surface area contributed by atoms with E-state index in [1.54, 1.807) is 6.92 Å². The molecule has 2 aromatic heterocycles. The van der Waals surface area contributed by atoms with Crippen molar-refractivity contribution in [3.05, 3.63) is 24.3 Å². The second kappa shape index (κ2) is 10.2. The highest BCUT2D eigenvalue weighted by molar-refractivity contribution is 7.90. The molecule has 0 saturated carbocycles. The molecule has 3 heterocycles. The Morgan fingerprint density at radius 3 is 2.62 bits per heavy atom. The van der Waals surface area contributed by atoms with Crippen LogP contribution < -0.4 is 15.5 Å². The summed E-state index contributed by atoms with van der Waals surface area (Å²) in [6.45, 7) is 5.32. The van der Waals surface area contributed by atoms with Crippen LogP contribution in [0.5, 0.6) is 0 Å². The third-order valence-electron chi connectivity index (χ3n) is 5.18. The van der Waals surface area contributed by atoms with Gasteiger partial charge in [-0.1, -0.05) is 0 Å². The molecule has 1 saturated heterocycles. The summed E-state index contributed by atoms with van der Waals surface area (Å²) in [4.78, 5) is 22.8. The molecule has 1 aliphatic heterocycles. The van der Waals surface area contributed by atoms with Crippen LogP contribution in [-0.2, 0) is 24.1 Å². The molecule has 12 nitrogen and oxygen atoms in total. The Balaban J connectivity index is 1.58. The van der Waals surface area contributed by atoms with Crippen LogP contribution in [0.1, 0.15) is 13.3 Å². The standard InChI is InChI=1S/C21H27N7O5S/c1-3-33-16(29)8-9-22-18-17-19(26-27-20(17)34(2,30)31)25-21(24-18)23-14-4-6-15(7-5-14)28-10-12-32-13-11-28/h4-7H,3,8-13H2,1-2H3,(H3,22,23,24,25,26,27). The van der Waals surface area contributed by atoms with Crippen LogP contribution in [0, 0.1) is 0 Å². The maximum absolute atomic E-state index is 12.2. The second-order valence-corrected chi connectivity index (χ2v) is 9.62. The Labute approximate surface area is 197 Å². The van der Waals surface area contributed by atoms with E-state index in [1.807, 2.05) is 24.3 Å². The molecular weight excluding hydrogens is 462 g/mol. The van der Waals surface area contributed by atoms with Gasteiger partial charge in [0.05, 0.1) is 26.2 Å². The molecule has 0 unspecified atom stereocenters. The monoisotopic (exact) mass is 489 g/mol. The zero-order chi connectivity index (χ0) is 24.1. The van der Waals surface area contributed by atoms with E-state index in [0.717, 1.165) is 30.7 Å². The molecule has 0 atom stereocenters. The Kier molecular flexibility index (Phi) is 7.12. The minimum Gasteiger partial charge on any atom is -0.466 e. The lowest BCUT2D eigenvalue weighted by atomic mass is 10.2. The normalized spacial score (nSPS) is 14.2. The minimum atomic E-state index is -3.61. The number of benzene rings is 1. The number of hydrogen-bond acceptors (Lipinski definition) is 11. The second-order valence-electron chi connectivity index (χ2n) is 7.67. The van der Waals surface area contributed by atoms with Gasteiger partial charge in [0.15, 0.2) is 20.5 Å². The molecule has 13 heteroatoms. The van der Waals surface area contributed by atoms with Gasteiger partial charge in [0, 0.05) is 37.3 Å². The van der Waals surface area contributed by atoms with Gasteiger partial charge < -0.3 is 25.0 Å². The van der Waals surface area contributed by atoms with Crippen LogP contribution in [0.3, 0.4) is 0 Å². The first kappa shape index (κ1) is 23.7. The summed E-state index contributed by atoms with van der Waals surface area (Å²) in [5, 5.41) is 12.9.